The van der Waals surface area contributed by atoms with Crippen LogP contribution in [0.15, 0.2) is 199 Å². The molecule has 8 aromatic carbocycles. The summed E-state index contributed by atoms with van der Waals surface area (Å²) in [6.45, 7) is 12.1. The average Bonchev–Trinajstić information content (AvgIpc) is 3.43. The number of fused-ring (bicyclic) bond motifs is 7. The molecule has 2 heterocycles. The Bertz CT molecular complexity index is 3330. The molecule has 1 unspecified atom stereocenters. The first-order valence-electron chi connectivity index (χ1n) is 23.2. The quantitative estimate of drug-likeness (QED) is 0.126. The first kappa shape index (κ1) is 39.4. The van der Waals surface area contributed by atoms with E-state index in [1.165, 1.54) is 111 Å². The van der Waals surface area contributed by atoms with Crippen LogP contribution >= 0.6 is 0 Å². The van der Waals surface area contributed by atoms with E-state index in [1.807, 2.05) is 0 Å². The molecule has 12 rings (SSSR count). The van der Waals surface area contributed by atoms with Crippen LogP contribution in [0.5, 0.6) is 0 Å². The second-order valence-corrected chi connectivity index (χ2v) is 23.8. The van der Waals surface area contributed by atoms with E-state index in [4.69, 9.17) is 0 Å². The summed E-state index contributed by atoms with van der Waals surface area (Å²) < 4.78 is 0. The maximum absolute atomic E-state index is 2.51. The summed E-state index contributed by atoms with van der Waals surface area (Å²) in [6.07, 6.45) is 14.9. The highest BCUT2D eigenvalue weighted by Gasteiger charge is 2.40. The van der Waals surface area contributed by atoms with E-state index in [2.05, 4.69) is 250 Å². The van der Waals surface area contributed by atoms with Crippen LogP contribution in [0.1, 0.15) is 55.0 Å². The third-order valence-electron chi connectivity index (χ3n) is 14.7. The molecule has 0 bridgehead atoms. The zero-order valence-electron chi connectivity index (χ0n) is 37.8. The molecule has 0 radical (unpaired) electrons. The van der Waals surface area contributed by atoms with Crippen molar-refractivity contribution in [3.8, 4) is 22.3 Å². The fraction of sp³-hybridized carbons (Fsp3) is 0.129. The van der Waals surface area contributed by atoms with Crippen LogP contribution in [0, 0.1) is 5.92 Å². The van der Waals surface area contributed by atoms with Crippen molar-refractivity contribution in [1.82, 2.24) is 0 Å². The zero-order valence-corrected chi connectivity index (χ0v) is 38.8. The Balaban J connectivity index is 0.834. The van der Waals surface area contributed by atoms with Gasteiger partial charge in [-0.25, -0.2) is 0 Å². The Hall–Kier alpha value is -7.20. The summed E-state index contributed by atoms with van der Waals surface area (Å²) in [6, 6.07) is 63.7. The Morgan fingerprint density at radius 1 is 0.523 bits per heavy atom. The van der Waals surface area contributed by atoms with Crippen molar-refractivity contribution >= 4 is 75.9 Å². The van der Waals surface area contributed by atoms with E-state index in [9.17, 15) is 0 Å². The first-order chi connectivity index (χ1) is 31.6. The van der Waals surface area contributed by atoms with Gasteiger partial charge in [-0.1, -0.05) is 198 Å². The predicted molar refractivity (Wildman–Crippen MR) is 281 cm³/mol. The molecule has 2 nitrogen and oxygen atoms in total. The molecule has 3 heteroatoms. The van der Waals surface area contributed by atoms with Crippen LogP contribution in [-0.2, 0) is 5.41 Å². The van der Waals surface area contributed by atoms with Crippen molar-refractivity contribution in [3.05, 3.63) is 227 Å². The third-order valence-corrected chi connectivity index (χ3v) is 18.3. The van der Waals surface area contributed by atoms with Crippen molar-refractivity contribution in [2.45, 2.75) is 45.7 Å². The molecule has 8 aromatic rings. The lowest BCUT2D eigenvalue weighted by molar-refractivity contribution is 0.660. The van der Waals surface area contributed by atoms with Gasteiger partial charge in [0.1, 0.15) is 8.07 Å². The molecule has 0 saturated heterocycles. The van der Waals surface area contributed by atoms with Gasteiger partial charge in [0.25, 0.3) is 0 Å². The summed E-state index contributed by atoms with van der Waals surface area (Å²) in [5.41, 5.74) is 20.3. The molecule has 0 N–H and O–H groups in total. The maximum atomic E-state index is 2.51. The predicted octanol–water partition coefficient (Wildman–Crippen LogP) is 15.6. The minimum atomic E-state index is -1.85. The minimum Gasteiger partial charge on any atom is -0.311 e. The van der Waals surface area contributed by atoms with Gasteiger partial charge in [0.05, 0.1) is 11.4 Å². The van der Waals surface area contributed by atoms with E-state index in [-0.39, 0.29) is 5.41 Å². The number of anilines is 5. The van der Waals surface area contributed by atoms with Gasteiger partial charge in [-0.15, -0.1) is 0 Å². The summed E-state index contributed by atoms with van der Waals surface area (Å²) >= 11 is 0. The van der Waals surface area contributed by atoms with Gasteiger partial charge in [-0.05, 0) is 126 Å². The van der Waals surface area contributed by atoms with Crippen LogP contribution < -0.4 is 20.2 Å². The molecule has 0 fully saturated rings. The van der Waals surface area contributed by atoms with E-state index >= 15 is 0 Å². The Labute approximate surface area is 384 Å². The zero-order chi connectivity index (χ0) is 44.0. The van der Waals surface area contributed by atoms with Gasteiger partial charge in [0.15, 0.2) is 0 Å². The van der Waals surface area contributed by atoms with Crippen molar-refractivity contribution < 1.29 is 0 Å². The second-order valence-electron chi connectivity index (χ2n) is 19.5. The lowest BCUT2D eigenvalue weighted by Crippen LogP contribution is -2.58. The van der Waals surface area contributed by atoms with E-state index in [0.29, 0.717) is 5.92 Å². The first-order valence-corrected chi connectivity index (χ1v) is 26.2. The normalized spacial score (nSPS) is 17.3. The summed E-state index contributed by atoms with van der Waals surface area (Å²) in [4.78, 5) is 4.99. The Kier molecular flexibility index (Phi) is 9.05. The van der Waals surface area contributed by atoms with Crippen molar-refractivity contribution in [3.63, 3.8) is 0 Å². The van der Waals surface area contributed by atoms with Gasteiger partial charge in [-0.2, -0.15) is 0 Å². The number of hydrogen-bond donors (Lipinski definition) is 0. The van der Waals surface area contributed by atoms with E-state index < -0.39 is 8.07 Å². The van der Waals surface area contributed by atoms with Gasteiger partial charge >= 0.3 is 0 Å². The number of benzene rings is 8. The van der Waals surface area contributed by atoms with Gasteiger partial charge in [0, 0.05) is 33.6 Å². The number of allylic oxidation sites excluding steroid dienone is 4. The van der Waals surface area contributed by atoms with E-state index in [0.717, 1.165) is 6.42 Å². The molecule has 1 atom stereocenters. The molecule has 0 spiro atoms. The van der Waals surface area contributed by atoms with Crippen LogP contribution in [0.2, 0.25) is 13.1 Å². The highest BCUT2D eigenvalue weighted by molar-refractivity contribution is 7.02. The largest absolute Gasteiger partial charge is 0.311 e. The fourth-order valence-electron chi connectivity index (χ4n) is 11.3. The van der Waals surface area contributed by atoms with Crippen molar-refractivity contribution in [2.24, 2.45) is 5.92 Å². The van der Waals surface area contributed by atoms with Crippen LogP contribution in [0.3, 0.4) is 0 Å². The molecule has 4 aliphatic rings. The summed E-state index contributed by atoms with van der Waals surface area (Å²) in [5, 5.41) is 5.48. The summed E-state index contributed by atoms with van der Waals surface area (Å²) in [5.74, 6) is 0.518. The number of para-hydroxylation sites is 3. The fourth-order valence-corrected chi connectivity index (χ4v) is 14.3. The lowest BCUT2D eigenvalue weighted by atomic mass is 9.81. The van der Waals surface area contributed by atoms with Crippen LogP contribution in [0.25, 0.3) is 51.3 Å². The van der Waals surface area contributed by atoms with Crippen LogP contribution in [0.4, 0.5) is 28.4 Å². The maximum Gasteiger partial charge on any atom is 0.117 e. The monoisotopic (exact) mass is 852 g/mol. The van der Waals surface area contributed by atoms with Gasteiger partial charge in [0.2, 0.25) is 0 Å². The molecular formula is C62H52N2Si. The topological polar surface area (TPSA) is 6.48 Å². The SMILES string of the molecule is CC1C=CC2=C(C=Cc3ccccc3N2c2ccc(-c3ccc(/C=C/c4ccc5c(c4)C(C)(C)c4cc(N6c7ccccc7[Si](C)(C)c7ccccc76)ccc4-5)cc3)c3ccccc23)C1. The molecule has 0 saturated carbocycles. The smallest absolute Gasteiger partial charge is 0.117 e. The number of nitrogens with zero attached hydrogens (tertiary/aromatic N) is 2. The Morgan fingerprint density at radius 2 is 1.12 bits per heavy atom. The van der Waals surface area contributed by atoms with Crippen molar-refractivity contribution in [2.75, 3.05) is 9.80 Å². The molecule has 0 aromatic heterocycles. The molecule has 0 amide bonds. The molecular weight excluding hydrogens is 801 g/mol. The molecule has 65 heavy (non-hydrogen) atoms. The van der Waals surface area contributed by atoms with Gasteiger partial charge in [-0.3, -0.25) is 0 Å². The average molecular weight is 853 g/mol. The second kappa shape index (κ2) is 14.9. The lowest BCUT2D eigenvalue weighted by Gasteiger charge is -2.41. The third kappa shape index (κ3) is 6.28. The Morgan fingerprint density at radius 3 is 1.88 bits per heavy atom. The molecule has 2 aliphatic heterocycles. The van der Waals surface area contributed by atoms with Gasteiger partial charge < -0.3 is 9.80 Å². The van der Waals surface area contributed by atoms with E-state index in [1.54, 1.807) is 0 Å². The molecule has 2 aliphatic carbocycles. The highest BCUT2D eigenvalue weighted by atomic mass is 28.3. The number of rotatable bonds is 5. The molecule has 314 valence electrons. The summed E-state index contributed by atoms with van der Waals surface area (Å²) in [7, 11) is -1.85. The number of hydrogen-bond acceptors (Lipinski definition) is 2. The highest BCUT2D eigenvalue weighted by Crippen LogP contribution is 2.52. The van der Waals surface area contributed by atoms with Crippen LogP contribution in [-0.4, -0.2) is 8.07 Å². The van der Waals surface area contributed by atoms with Crippen molar-refractivity contribution in [1.29, 1.82) is 0 Å². The minimum absolute atomic E-state index is 0.147. The standard InChI is InChI=1S/C62H52N2Si/c1-41-22-36-56-46(38-41)31-30-45-14-6-9-17-55(45)64(56)57-37-35-48(49-15-7-8-16-52(49)57)44-28-25-42(26-29-44)23-24-43-27-33-50-51-34-32-47(40-54(51)62(2,3)53(50)39-43)63-58-18-10-12-20-60(58)65(4,5)61-21-13-11-19-59(61)63/h6-37,39-41H,38H2,1-5H3/b24-23+.